The molecule has 1 nitrogen and oxygen atoms in total. The third kappa shape index (κ3) is 5.72. The van der Waals surface area contributed by atoms with Crippen molar-refractivity contribution in [1.82, 2.24) is 5.32 Å². The lowest BCUT2D eigenvalue weighted by molar-refractivity contribution is -0.137. The van der Waals surface area contributed by atoms with E-state index in [4.69, 9.17) is 23.2 Å². The van der Waals surface area contributed by atoms with Crippen molar-refractivity contribution in [2.24, 2.45) is 0 Å². The average Bonchev–Trinajstić information content (AvgIpc) is 2.50. The summed E-state index contributed by atoms with van der Waals surface area (Å²) in [7, 11) is 0. The van der Waals surface area contributed by atoms with E-state index in [1.807, 2.05) is 12.1 Å². The van der Waals surface area contributed by atoms with E-state index < -0.39 is 11.7 Å². The van der Waals surface area contributed by atoms with Gasteiger partial charge >= 0.3 is 6.18 Å². The minimum absolute atomic E-state index is 0.538. The molecule has 0 heterocycles. The maximum Gasteiger partial charge on any atom is 0.416 e. The first-order valence-corrected chi connectivity index (χ1v) is 7.92. The number of halogens is 5. The molecule has 0 fully saturated rings. The molecule has 0 saturated carbocycles. The van der Waals surface area contributed by atoms with Gasteiger partial charge in [-0.15, -0.1) is 0 Å². The highest BCUT2D eigenvalue weighted by atomic mass is 35.5. The topological polar surface area (TPSA) is 12.0 Å². The van der Waals surface area contributed by atoms with Gasteiger partial charge in [0.15, 0.2) is 0 Å². The molecular weight excluding hydrogens is 346 g/mol. The van der Waals surface area contributed by atoms with Crippen LogP contribution in [-0.2, 0) is 19.1 Å². The molecule has 124 valence electrons. The second-order valence-electron chi connectivity index (χ2n) is 5.22. The smallest absolute Gasteiger partial charge is 0.313 e. The summed E-state index contributed by atoms with van der Waals surface area (Å²) < 4.78 is 37.4. The molecule has 6 heteroatoms. The van der Waals surface area contributed by atoms with Gasteiger partial charge < -0.3 is 5.32 Å². The van der Waals surface area contributed by atoms with E-state index in [0.717, 1.165) is 42.6 Å². The number of aryl methyl sites for hydroxylation is 1. The van der Waals surface area contributed by atoms with E-state index in [2.05, 4.69) is 5.32 Å². The van der Waals surface area contributed by atoms with Gasteiger partial charge in [0.05, 0.1) is 15.6 Å². The number of hydrogen-bond donors (Lipinski definition) is 1. The van der Waals surface area contributed by atoms with Crippen LogP contribution in [0.2, 0.25) is 10.0 Å². The zero-order chi connectivity index (χ0) is 16.9. The molecule has 0 aliphatic carbocycles. The summed E-state index contributed by atoms with van der Waals surface area (Å²) in [4.78, 5) is 0. The Labute approximate surface area is 143 Å². The molecule has 2 aromatic rings. The third-order valence-corrected chi connectivity index (χ3v) is 4.15. The van der Waals surface area contributed by atoms with Crippen LogP contribution in [0.25, 0.3) is 0 Å². The quantitative estimate of drug-likeness (QED) is 0.647. The van der Waals surface area contributed by atoms with E-state index in [1.54, 1.807) is 6.07 Å². The normalized spacial score (nSPS) is 11.7. The zero-order valence-electron chi connectivity index (χ0n) is 12.3. The highest BCUT2D eigenvalue weighted by Crippen LogP contribution is 2.29. The van der Waals surface area contributed by atoms with Crippen molar-refractivity contribution in [2.45, 2.75) is 25.6 Å². The van der Waals surface area contributed by atoms with Gasteiger partial charge in [0, 0.05) is 6.54 Å². The van der Waals surface area contributed by atoms with Crippen molar-refractivity contribution in [3.05, 3.63) is 69.2 Å². The van der Waals surface area contributed by atoms with E-state index in [1.165, 1.54) is 12.1 Å². The Morgan fingerprint density at radius 1 is 0.870 bits per heavy atom. The van der Waals surface area contributed by atoms with Gasteiger partial charge in [-0.1, -0.05) is 41.4 Å². The monoisotopic (exact) mass is 361 g/mol. The summed E-state index contributed by atoms with van der Waals surface area (Å²) in [5, 5.41) is 4.30. The van der Waals surface area contributed by atoms with Crippen LogP contribution in [-0.4, -0.2) is 6.54 Å². The molecule has 0 amide bonds. The minimum Gasteiger partial charge on any atom is -0.313 e. The molecule has 0 aromatic heterocycles. The van der Waals surface area contributed by atoms with Gasteiger partial charge in [-0.2, -0.15) is 13.2 Å². The number of nitrogens with one attached hydrogen (secondary N) is 1. The highest BCUT2D eigenvalue weighted by Gasteiger charge is 2.29. The first-order chi connectivity index (χ1) is 10.9. The van der Waals surface area contributed by atoms with Gasteiger partial charge in [-0.3, -0.25) is 0 Å². The first-order valence-electron chi connectivity index (χ1n) is 7.17. The van der Waals surface area contributed by atoms with Crippen molar-refractivity contribution < 1.29 is 13.2 Å². The molecular formula is C17H16Cl2F3N. The van der Waals surface area contributed by atoms with Crippen molar-refractivity contribution in [3.63, 3.8) is 0 Å². The lowest BCUT2D eigenvalue weighted by Gasteiger charge is -2.09. The third-order valence-electron chi connectivity index (χ3n) is 3.41. The van der Waals surface area contributed by atoms with Crippen LogP contribution >= 0.6 is 23.2 Å². The molecule has 0 spiro atoms. The number of benzene rings is 2. The summed E-state index contributed by atoms with van der Waals surface area (Å²) in [5.74, 6) is 0. The van der Waals surface area contributed by atoms with Crippen LogP contribution in [0.1, 0.15) is 23.1 Å². The van der Waals surface area contributed by atoms with Crippen LogP contribution in [0.4, 0.5) is 13.2 Å². The zero-order valence-corrected chi connectivity index (χ0v) is 13.8. The molecule has 0 aliphatic heterocycles. The predicted molar refractivity (Wildman–Crippen MR) is 87.9 cm³/mol. The lowest BCUT2D eigenvalue weighted by Crippen LogP contribution is -2.15. The van der Waals surface area contributed by atoms with Crippen LogP contribution in [0.5, 0.6) is 0 Å². The Kier molecular flexibility index (Phi) is 6.33. The second-order valence-corrected chi connectivity index (χ2v) is 6.04. The fourth-order valence-electron chi connectivity index (χ4n) is 2.16. The van der Waals surface area contributed by atoms with Gasteiger partial charge in [-0.25, -0.2) is 0 Å². The Hall–Kier alpha value is -1.23. The molecule has 2 aromatic carbocycles. The van der Waals surface area contributed by atoms with Gasteiger partial charge in [-0.05, 0) is 54.8 Å². The maximum atomic E-state index is 12.5. The number of rotatable bonds is 6. The van der Waals surface area contributed by atoms with E-state index in [-0.39, 0.29) is 0 Å². The SMILES string of the molecule is FC(F)(F)c1ccc(CNCCCc2ccc(Cl)c(Cl)c2)cc1. The maximum absolute atomic E-state index is 12.5. The number of alkyl halides is 3. The molecule has 0 aliphatic rings. The average molecular weight is 362 g/mol. The Morgan fingerprint density at radius 3 is 2.13 bits per heavy atom. The summed E-state index contributed by atoms with van der Waals surface area (Å²) in [6, 6.07) is 10.8. The van der Waals surface area contributed by atoms with Crippen molar-refractivity contribution in [3.8, 4) is 0 Å². The predicted octanol–water partition coefficient (Wildman–Crippen LogP) is 5.73. The highest BCUT2D eigenvalue weighted by molar-refractivity contribution is 6.42. The van der Waals surface area contributed by atoms with Crippen LogP contribution < -0.4 is 5.32 Å². The fraction of sp³-hybridized carbons (Fsp3) is 0.294. The Morgan fingerprint density at radius 2 is 1.52 bits per heavy atom. The Balaban J connectivity index is 1.72. The largest absolute Gasteiger partial charge is 0.416 e. The molecule has 0 radical (unpaired) electrons. The summed E-state index contributed by atoms with van der Waals surface area (Å²) in [6.45, 7) is 1.31. The molecule has 23 heavy (non-hydrogen) atoms. The van der Waals surface area contributed by atoms with E-state index in [0.29, 0.717) is 16.6 Å². The van der Waals surface area contributed by atoms with Crippen molar-refractivity contribution >= 4 is 23.2 Å². The summed E-state index contributed by atoms with van der Waals surface area (Å²) >= 11 is 11.8. The van der Waals surface area contributed by atoms with Crippen molar-refractivity contribution in [1.29, 1.82) is 0 Å². The lowest BCUT2D eigenvalue weighted by atomic mass is 10.1. The number of hydrogen-bond acceptors (Lipinski definition) is 1. The molecule has 0 unspecified atom stereocenters. The molecule has 2 rings (SSSR count). The fourth-order valence-corrected chi connectivity index (χ4v) is 2.48. The van der Waals surface area contributed by atoms with Crippen LogP contribution in [0, 0.1) is 0 Å². The molecule has 0 atom stereocenters. The van der Waals surface area contributed by atoms with E-state index in [9.17, 15) is 13.2 Å². The van der Waals surface area contributed by atoms with Crippen LogP contribution in [0.3, 0.4) is 0 Å². The molecule has 0 saturated heterocycles. The first kappa shape index (κ1) is 18.1. The van der Waals surface area contributed by atoms with Crippen molar-refractivity contribution in [2.75, 3.05) is 6.54 Å². The van der Waals surface area contributed by atoms with Gasteiger partial charge in [0.1, 0.15) is 0 Å². The van der Waals surface area contributed by atoms with E-state index >= 15 is 0 Å². The standard InChI is InChI=1S/C17H16Cl2F3N/c18-15-8-5-12(10-16(15)19)2-1-9-23-11-13-3-6-14(7-4-13)17(20,21)22/h3-8,10,23H,1-2,9,11H2. The minimum atomic E-state index is -4.29. The molecule has 1 N–H and O–H groups in total. The second kappa shape index (κ2) is 8.04. The summed E-state index contributed by atoms with van der Waals surface area (Å²) in [5.41, 5.74) is 1.31. The molecule has 0 bridgehead atoms. The Bertz CT molecular complexity index is 639. The van der Waals surface area contributed by atoms with Gasteiger partial charge in [0.2, 0.25) is 0 Å². The van der Waals surface area contributed by atoms with Gasteiger partial charge in [0.25, 0.3) is 0 Å². The van der Waals surface area contributed by atoms with Crippen LogP contribution in [0.15, 0.2) is 42.5 Å². The summed E-state index contributed by atoms with van der Waals surface area (Å²) in [6.07, 6.45) is -2.53.